The Bertz CT molecular complexity index is 874. The van der Waals surface area contributed by atoms with Gasteiger partial charge in [-0.1, -0.05) is 36.4 Å². The maximum absolute atomic E-state index is 11.2. The SMILES string of the molecule is O=C([O-])CS(=O)(=O)c1ccccc1.O=C([O-])CS(=O)(=O)c1ccccc1.[Fe+2]. The third-order valence-electron chi connectivity index (χ3n) is 2.82. The van der Waals surface area contributed by atoms with Crippen LogP contribution in [0.2, 0.25) is 0 Å². The Kier molecular flexibility index (Phi) is 9.95. The van der Waals surface area contributed by atoms with E-state index in [1.54, 1.807) is 12.1 Å². The third-order valence-corrected chi connectivity index (χ3v) is 6.03. The second-order valence-electron chi connectivity index (χ2n) is 4.89. The molecule has 0 aromatic heterocycles. The fourth-order valence-electron chi connectivity index (χ4n) is 1.73. The summed E-state index contributed by atoms with van der Waals surface area (Å²) in [5.74, 6) is -5.14. The molecule has 0 bridgehead atoms. The zero-order chi connectivity index (χ0) is 19.8. The minimum atomic E-state index is -3.72. The van der Waals surface area contributed by atoms with Crippen LogP contribution < -0.4 is 10.2 Å². The Morgan fingerprint density at radius 3 is 1.11 bits per heavy atom. The summed E-state index contributed by atoms with van der Waals surface area (Å²) in [5.41, 5.74) is 0. The molecule has 0 radical (unpaired) electrons. The van der Waals surface area contributed by atoms with E-state index >= 15 is 0 Å². The van der Waals surface area contributed by atoms with Crippen LogP contribution in [0.5, 0.6) is 0 Å². The van der Waals surface area contributed by atoms with Crippen LogP contribution >= 0.6 is 0 Å². The number of benzene rings is 2. The number of carbonyl (C=O) groups is 2. The minimum Gasteiger partial charge on any atom is -0.549 e. The van der Waals surface area contributed by atoms with Crippen molar-refractivity contribution in [3.05, 3.63) is 60.7 Å². The van der Waals surface area contributed by atoms with E-state index in [1.807, 2.05) is 0 Å². The summed E-state index contributed by atoms with van der Waals surface area (Å²) in [6.07, 6.45) is 0. The van der Waals surface area contributed by atoms with Crippen molar-refractivity contribution in [2.24, 2.45) is 0 Å². The van der Waals surface area contributed by atoms with Gasteiger partial charge in [0.15, 0.2) is 19.7 Å². The number of carbonyl (C=O) groups excluding carboxylic acids is 2. The molecule has 0 spiro atoms. The predicted molar refractivity (Wildman–Crippen MR) is 87.0 cm³/mol. The van der Waals surface area contributed by atoms with Crippen LogP contribution in [-0.2, 0) is 46.3 Å². The molecule has 0 heterocycles. The normalized spacial score (nSPS) is 10.7. The van der Waals surface area contributed by atoms with E-state index in [2.05, 4.69) is 0 Å². The van der Waals surface area contributed by atoms with E-state index < -0.39 is 43.1 Å². The fourth-order valence-corrected chi connectivity index (χ4v) is 3.83. The standard InChI is InChI=1S/2C8H8O4S.Fe/c2*9-8(10)6-13(11,12)7-4-2-1-3-5-7;/h2*1-5H,6H2,(H,9,10);/q;;+2/p-2. The Morgan fingerprint density at radius 2 is 0.889 bits per heavy atom. The summed E-state index contributed by atoms with van der Waals surface area (Å²) in [6, 6.07) is 14.8. The molecule has 146 valence electrons. The minimum absolute atomic E-state index is 0. The van der Waals surface area contributed by atoms with Gasteiger partial charge in [0.05, 0.1) is 33.2 Å². The Labute approximate surface area is 167 Å². The maximum atomic E-state index is 11.2. The summed E-state index contributed by atoms with van der Waals surface area (Å²) in [5, 5.41) is 20.2. The number of sulfone groups is 2. The number of carboxylic acids is 2. The van der Waals surface area contributed by atoms with Crippen molar-refractivity contribution in [3.8, 4) is 0 Å². The average molecular weight is 454 g/mol. The van der Waals surface area contributed by atoms with Gasteiger partial charge >= 0.3 is 17.1 Å². The van der Waals surface area contributed by atoms with Crippen LogP contribution in [0.4, 0.5) is 0 Å². The zero-order valence-corrected chi connectivity index (χ0v) is 16.4. The van der Waals surface area contributed by atoms with Gasteiger partial charge in [0.1, 0.15) is 0 Å². The summed E-state index contributed by atoms with van der Waals surface area (Å²) < 4.78 is 44.9. The van der Waals surface area contributed by atoms with Crippen LogP contribution in [0, 0.1) is 0 Å². The molecule has 0 atom stereocenters. The Balaban J connectivity index is 0.000000483. The topological polar surface area (TPSA) is 149 Å². The predicted octanol–water partition coefficient (Wildman–Crippen LogP) is -1.58. The van der Waals surface area contributed by atoms with Crippen LogP contribution in [0.1, 0.15) is 0 Å². The molecule has 0 amide bonds. The van der Waals surface area contributed by atoms with Gasteiger partial charge in [-0.05, 0) is 24.3 Å². The molecular weight excluding hydrogens is 440 g/mol. The smallest absolute Gasteiger partial charge is 0.549 e. The molecule has 0 saturated heterocycles. The van der Waals surface area contributed by atoms with E-state index in [-0.39, 0.29) is 26.9 Å². The molecule has 0 saturated carbocycles. The van der Waals surface area contributed by atoms with E-state index in [0.29, 0.717) is 0 Å². The molecule has 0 aliphatic heterocycles. The molecule has 27 heavy (non-hydrogen) atoms. The molecule has 0 fully saturated rings. The molecule has 0 unspecified atom stereocenters. The van der Waals surface area contributed by atoms with Gasteiger partial charge in [0.25, 0.3) is 0 Å². The second kappa shape index (κ2) is 10.8. The summed E-state index contributed by atoms with van der Waals surface area (Å²) in [4.78, 5) is 20.2. The molecule has 2 aromatic rings. The molecule has 8 nitrogen and oxygen atoms in total. The first-order valence-electron chi connectivity index (χ1n) is 7.00. The first kappa shape index (κ1) is 24.8. The fraction of sp³-hybridized carbons (Fsp3) is 0.125. The summed E-state index contributed by atoms with van der Waals surface area (Å²) >= 11 is 0. The number of hydrogen-bond acceptors (Lipinski definition) is 8. The average Bonchev–Trinajstić information content (AvgIpc) is 2.55. The van der Waals surface area contributed by atoms with Gasteiger partial charge in [-0.3, -0.25) is 0 Å². The zero-order valence-electron chi connectivity index (χ0n) is 13.6. The van der Waals surface area contributed by atoms with Crippen molar-refractivity contribution in [3.63, 3.8) is 0 Å². The van der Waals surface area contributed by atoms with E-state index in [4.69, 9.17) is 0 Å². The van der Waals surface area contributed by atoms with Gasteiger partial charge in [0, 0.05) is 0 Å². The van der Waals surface area contributed by atoms with E-state index in [0.717, 1.165) is 0 Å². The quantitative estimate of drug-likeness (QED) is 0.475. The first-order chi connectivity index (χ1) is 12.0. The van der Waals surface area contributed by atoms with E-state index in [9.17, 15) is 36.6 Å². The first-order valence-corrected chi connectivity index (χ1v) is 10.3. The van der Waals surface area contributed by atoms with Crippen molar-refractivity contribution < 1.29 is 53.7 Å². The number of rotatable bonds is 6. The molecule has 2 aromatic carbocycles. The number of aliphatic carboxylic acids is 2. The molecule has 11 heteroatoms. The van der Waals surface area contributed by atoms with Crippen molar-refractivity contribution in [1.29, 1.82) is 0 Å². The van der Waals surface area contributed by atoms with Gasteiger partial charge < -0.3 is 19.8 Å². The third kappa shape index (κ3) is 8.82. The van der Waals surface area contributed by atoms with Crippen molar-refractivity contribution in [2.75, 3.05) is 11.5 Å². The monoisotopic (exact) mass is 454 g/mol. The summed E-state index contributed by atoms with van der Waals surface area (Å²) in [6.45, 7) is 0. The van der Waals surface area contributed by atoms with Gasteiger partial charge in [-0.25, -0.2) is 16.8 Å². The molecule has 0 aliphatic rings. The maximum Gasteiger partial charge on any atom is 2.00 e. The van der Waals surface area contributed by atoms with Crippen LogP contribution in [0.15, 0.2) is 70.5 Å². The molecule has 2 rings (SSSR count). The Morgan fingerprint density at radius 1 is 0.630 bits per heavy atom. The van der Waals surface area contributed by atoms with Gasteiger partial charge in [-0.15, -0.1) is 0 Å². The Hall–Kier alpha value is -2.20. The van der Waals surface area contributed by atoms with Crippen molar-refractivity contribution in [2.45, 2.75) is 9.79 Å². The van der Waals surface area contributed by atoms with Crippen LogP contribution in [0.3, 0.4) is 0 Å². The largest absolute Gasteiger partial charge is 2.00 e. The van der Waals surface area contributed by atoms with Crippen LogP contribution in [0.25, 0.3) is 0 Å². The molecular formula is C16H14FeO8S2. The second-order valence-corrected chi connectivity index (χ2v) is 8.87. The van der Waals surface area contributed by atoms with Crippen molar-refractivity contribution >= 4 is 31.6 Å². The molecule has 0 aliphatic carbocycles. The van der Waals surface area contributed by atoms with Crippen molar-refractivity contribution in [1.82, 2.24) is 0 Å². The number of hydrogen-bond donors (Lipinski definition) is 0. The molecule has 0 N–H and O–H groups in total. The van der Waals surface area contributed by atoms with Crippen LogP contribution in [-0.4, -0.2) is 40.3 Å². The van der Waals surface area contributed by atoms with E-state index in [1.165, 1.54) is 48.5 Å². The number of carboxylic acid groups (broad SMARTS) is 2. The summed E-state index contributed by atoms with van der Waals surface area (Å²) in [7, 11) is -7.44. The van der Waals surface area contributed by atoms with Gasteiger partial charge in [-0.2, -0.15) is 0 Å². The van der Waals surface area contributed by atoms with Gasteiger partial charge in [0.2, 0.25) is 0 Å².